The van der Waals surface area contributed by atoms with E-state index in [2.05, 4.69) is 10.4 Å². The monoisotopic (exact) mass is 337 g/mol. The first-order chi connectivity index (χ1) is 11.6. The van der Waals surface area contributed by atoms with Crippen LogP contribution in [-0.2, 0) is 4.79 Å². The van der Waals surface area contributed by atoms with Crippen LogP contribution < -0.4 is 11.1 Å². The van der Waals surface area contributed by atoms with Gasteiger partial charge in [0.1, 0.15) is 17.5 Å². The van der Waals surface area contributed by atoms with Gasteiger partial charge in [-0.1, -0.05) is 0 Å². The number of amides is 1. The van der Waals surface area contributed by atoms with Gasteiger partial charge in [-0.25, -0.2) is 4.68 Å². The van der Waals surface area contributed by atoms with E-state index in [0.717, 1.165) is 11.3 Å². The van der Waals surface area contributed by atoms with E-state index in [1.807, 2.05) is 29.8 Å². The van der Waals surface area contributed by atoms with Gasteiger partial charge in [0.25, 0.3) is 0 Å². The van der Waals surface area contributed by atoms with Gasteiger partial charge in [-0.2, -0.15) is 21.7 Å². The Kier molecular flexibility index (Phi) is 4.31. The van der Waals surface area contributed by atoms with Gasteiger partial charge in [0.05, 0.1) is 17.8 Å². The maximum Gasteiger partial charge on any atom is 0.231 e. The first-order valence-corrected chi connectivity index (χ1v) is 8.21. The Morgan fingerprint density at radius 1 is 1.38 bits per heavy atom. The Morgan fingerprint density at radius 2 is 2.12 bits per heavy atom. The normalized spacial score (nSPS) is 11.7. The maximum absolute atomic E-state index is 12.3. The number of hydrogen-bond donors (Lipinski definition) is 2. The molecule has 24 heavy (non-hydrogen) atoms. The summed E-state index contributed by atoms with van der Waals surface area (Å²) in [6.07, 6.45) is 1.42. The van der Waals surface area contributed by atoms with Crippen LogP contribution in [0.25, 0.3) is 5.69 Å². The molecule has 0 saturated carbocycles. The van der Waals surface area contributed by atoms with Crippen molar-refractivity contribution in [2.45, 2.75) is 12.8 Å². The van der Waals surface area contributed by atoms with Gasteiger partial charge in [0, 0.05) is 5.69 Å². The number of benzene rings is 1. The number of nitriles is 1. The number of nitrogen functional groups attached to an aromatic ring is 1. The van der Waals surface area contributed by atoms with Crippen LogP contribution in [0.15, 0.2) is 47.3 Å². The van der Waals surface area contributed by atoms with Gasteiger partial charge in [-0.05, 0) is 53.6 Å². The lowest BCUT2D eigenvalue weighted by Crippen LogP contribution is -2.18. The second-order valence-electron chi connectivity index (χ2n) is 5.28. The lowest BCUT2D eigenvalue weighted by Gasteiger charge is -2.11. The van der Waals surface area contributed by atoms with Gasteiger partial charge in [0.15, 0.2) is 0 Å². The number of carbonyl (C=O) groups is 1. The number of carbonyl (C=O) groups excluding carboxylic acids is 1. The molecule has 1 atom stereocenters. The second-order valence-corrected chi connectivity index (χ2v) is 6.06. The lowest BCUT2D eigenvalue weighted by atomic mass is 10.0. The molecule has 3 rings (SSSR count). The fourth-order valence-corrected chi connectivity index (χ4v) is 3.01. The van der Waals surface area contributed by atoms with Gasteiger partial charge in [-0.3, -0.25) is 4.79 Å². The zero-order valence-electron chi connectivity index (χ0n) is 12.9. The van der Waals surface area contributed by atoms with Crippen molar-refractivity contribution in [3.63, 3.8) is 0 Å². The van der Waals surface area contributed by atoms with Crippen LogP contribution in [0.3, 0.4) is 0 Å². The van der Waals surface area contributed by atoms with Crippen molar-refractivity contribution in [3.05, 3.63) is 58.4 Å². The maximum atomic E-state index is 12.3. The van der Waals surface area contributed by atoms with Crippen molar-refractivity contribution in [1.29, 1.82) is 5.26 Å². The fourth-order valence-electron chi connectivity index (χ4n) is 2.26. The first-order valence-electron chi connectivity index (χ1n) is 7.27. The summed E-state index contributed by atoms with van der Waals surface area (Å²) >= 11 is 1.57. The smallest absolute Gasteiger partial charge is 0.231 e. The summed E-state index contributed by atoms with van der Waals surface area (Å²) < 4.78 is 1.48. The molecule has 0 aliphatic heterocycles. The lowest BCUT2D eigenvalue weighted by molar-refractivity contribution is -0.117. The predicted octanol–water partition coefficient (Wildman–Crippen LogP) is 3.13. The largest absolute Gasteiger partial charge is 0.382 e. The van der Waals surface area contributed by atoms with Crippen molar-refractivity contribution in [2.24, 2.45) is 0 Å². The van der Waals surface area contributed by atoms with Crippen LogP contribution in [0, 0.1) is 11.3 Å². The number of hydrogen-bond acceptors (Lipinski definition) is 5. The van der Waals surface area contributed by atoms with Crippen molar-refractivity contribution in [2.75, 3.05) is 11.1 Å². The summed E-state index contributed by atoms with van der Waals surface area (Å²) in [6, 6.07) is 11.1. The van der Waals surface area contributed by atoms with Crippen LogP contribution in [0.5, 0.6) is 0 Å². The summed E-state index contributed by atoms with van der Waals surface area (Å²) in [5, 5.41) is 19.8. The van der Waals surface area contributed by atoms with Gasteiger partial charge < -0.3 is 11.1 Å². The van der Waals surface area contributed by atoms with Crippen molar-refractivity contribution < 1.29 is 4.79 Å². The average Bonchev–Trinajstić information content (AvgIpc) is 3.24. The van der Waals surface area contributed by atoms with Gasteiger partial charge in [-0.15, -0.1) is 0 Å². The first kappa shape index (κ1) is 15.8. The molecule has 2 heterocycles. The molecule has 1 aromatic carbocycles. The number of nitrogens with zero attached hydrogens (tertiary/aromatic N) is 3. The Labute approximate surface area is 143 Å². The molecule has 120 valence electrons. The molecule has 6 nitrogen and oxygen atoms in total. The molecule has 0 aliphatic rings. The highest BCUT2D eigenvalue weighted by molar-refractivity contribution is 7.08. The van der Waals surface area contributed by atoms with Crippen LogP contribution in [-0.4, -0.2) is 15.7 Å². The highest BCUT2D eigenvalue weighted by Crippen LogP contribution is 2.22. The minimum Gasteiger partial charge on any atom is -0.382 e. The molecule has 0 fully saturated rings. The van der Waals surface area contributed by atoms with E-state index < -0.39 is 0 Å². The minimum absolute atomic E-state index is 0.0634. The summed E-state index contributed by atoms with van der Waals surface area (Å²) in [6.45, 7) is 1.87. The number of nitrogens with one attached hydrogen (secondary N) is 1. The molecule has 0 unspecified atom stereocenters. The molecule has 3 N–H and O–H groups in total. The van der Waals surface area contributed by atoms with Gasteiger partial charge >= 0.3 is 0 Å². The third-order valence-corrected chi connectivity index (χ3v) is 4.44. The topological polar surface area (TPSA) is 96.7 Å². The van der Waals surface area contributed by atoms with Crippen molar-refractivity contribution in [3.8, 4) is 11.8 Å². The van der Waals surface area contributed by atoms with Crippen LogP contribution >= 0.6 is 11.3 Å². The van der Waals surface area contributed by atoms with Gasteiger partial charge in [0.2, 0.25) is 5.91 Å². The Bertz CT molecular complexity index is 890. The molecular weight excluding hydrogens is 322 g/mol. The van der Waals surface area contributed by atoms with E-state index in [-0.39, 0.29) is 11.8 Å². The van der Waals surface area contributed by atoms with E-state index >= 15 is 0 Å². The van der Waals surface area contributed by atoms with Crippen molar-refractivity contribution >= 4 is 28.7 Å². The molecule has 0 spiro atoms. The summed E-state index contributed by atoms with van der Waals surface area (Å²) in [4.78, 5) is 12.3. The zero-order valence-corrected chi connectivity index (χ0v) is 13.7. The number of thiophene rings is 1. The highest BCUT2D eigenvalue weighted by Gasteiger charge is 2.16. The number of nitrogens with two attached hydrogens (primary N) is 1. The predicted molar refractivity (Wildman–Crippen MR) is 94.1 cm³/mol. The van der Waals surface area contributed by atoms with E-state index in [4.69, 9.17) is 11.0 Å². The second kappa shape index (κ2) is 6.56. The third-order valence-electron chi connectivity index (χ3n) is 3.74. The SMILES string of the molecule is C[C@H](C(=O)Nc1ccc(-n2ncc(C#N)c2N)cc1)c1ccsc1. The Morgan fingerprint density at radius 3 is 2.71 bits per heavy atom. The molecule has 1 amide bonds. The Balaban J connectivity index is 1.74. The van der Waals surface area contributed by atoms with E-state index in [9.17, 15) is 4.79 Å². The zero-order chi connectivity index (χ0) is 17.1. The number of anilines is 2. The Hall–Kier alpha value is -3.11. The van der Waals surface area contributed by atoms with E-state index in [0.29, 0.717) is 17.1 Å². The molecule has 0 radical (unpaired) electrons. The summed E-state index contributed by atoms with van der Waals surface area (Å²) in [5.74, 6) is 0.0164. The van der Waals surface area contributed by atoms with E-state index in [1.54, 1.807) is 35.6 Å². The molecule has 0 bridgehead atoms. The third kappa shape index (κ3) is 3.00. The minimum atomic E-state index is -0.212. The molecular formula is C17H15N5OS. The highest BCUT2D eigenvalue weighted by atomic mass is 32.1. The summed E-state index contributed by atoms with van der Waals surface area (Å²) in [5.41, 5.74) is 8.61. The quantitative estimate of drug-likeness (QED) is 0.764. The van der Waals surface area contributed by atoms with E-state index in [1.165, 1.54) is 10.9 Å². The average molecular weight is 337 g/mol. The standard InChI is InChI=1S/C17H15N5OS/c1-11(12-6-7-24-10-12)17(23)21-14-2-4-15(5-3-14)22-16(19)13(8-18)9-20-22/h2-7,9-11H,19H2,1H3,(H,21,23)/t11-/m0/s1. The summed E-state index contributed by atoms with van der Waals surface area (Å²) in [7, 11) is 0. The van der Waals surface area contributed by atoms with Crippen LogP contribution in [0.1, 0.15) is 24.0 Å². The molecule has 7 heteroatoms. The molecule has 0 saturated heterocycles. The molecule has 2 aromatic heterocycles. The number of aromatic nitrogens is 2. The molecule has 3 aromatic rings. The molecule has 0 aliphatic carbocycles. The van der Waals surface area contributed by atoms with Crippen LogP contribution in [0.4, 0.5) is 11.5 Å². The van der Waals surface area contributed by atoms with Crippen LogP contribution in [0.2, 0.25) is 0 Å². The number of rotatable bonds is 4. The van der Waals surface area contributed by atoms with Crippen molar-refractivity contribution in [1.82, 2.24) is 9.78 Å². The fraction of sp³-hybridized carbons (Fsp3) is 0.118.